The minimum atomic E-state index is 0. The smallest absolute Gasteiger partial charge is 0.124 e. The molecule has 0 amide bonds. The molecular weight excluding hydrogens is 801 g/mol. The number of hydrogen-bond acceptors (Lipinski definition) is 3. The van der Waals surface area contributed by atoms with Crippen LogP contribution in [0, 0.1) is 12.1 Å². The van der Waals surface area contributed by atoms with Gasteiger partial charge in [-0.15, -0.1) is 59.2 Å². The molecule has 3 nitrogen and oxygen atoms in total. The predicted octanol–water partition coefficient (Wildman–Crippen LogP) is 11.9. The minimum absolute atomic E-state index is 0. The summed E-state index contributed by atoms with van der Waals surface area (Å²) in [7, 11) is 0. The second-order valence-electron chi connectivity index (χ2n) is 12.1. The normalized spacial score (nSPS) is 10.7. The van der Waals surface area contributed by atoms with E-state index >= 15 is 0 Å². The molecule has 6 aromatic carbocycles. The first-order valence-corrected chi connectivity index (χ1v) is 16.7. The summed E-state index contributed by atoms with van der Waals surface area (Å²) in [5.41, 5.74) is 12.8. The van der Waals surface area contributed by atoms with E-state index in [0.717, 1.165) is 56.4 Å². The van der Waals surface area contributed by atoms with Crippen molar-refractivity contribution >= 4 is 21.9 Å². The Morgan fingerprint density at radius 2 is 1.16 bits per heavy atom. The van der Waals surface area contributed by atoms with E-state index in [1.807, 2.05) is 72.9 Å². The van der Waals surface area contributed by atoms with Gasteiger partial charge in [0.2, 0.25) is 0 Å². The maximum absolute atomic E-state index is 6.29. The Bertz CT molecular complexity index is 2440. The Kier molecular flexibility index (Phi) is 10.4. The molecule has 0 aliphatic rings. The largest absolute Gasteiger partial charge is 0.500 e. The van der Waals surface area contributed by atoms with Gasteiger partial charge in [0.05, 0.1) is 5.58 Å². The Labute approximate surface area is 311 Å². The van der Waals surface area contributed by atoms with Crippen LogP contribution in [-0.4, -0.2) is 9.97 Å². The van der Waals surface area contributed by atoms with Crippen molar-refractivity contribution in [3.05, 3.63) is 206 Å². The van der Waals surface area contributed by atoms with Crippen LogP contribution in [0.1, 0.15) is 11.1 Å². The topological polar surface area (TPSA) is 38.9 Å². The molecule has 1 radical (unpaired) electrons. The van der Waals surface area contributed by atoms with Crippen molar-refractivity contribution in [2.45, 2.75) is 6.42 Å². The summed E-state index contributed by atoms with van der Waals surface area (Å²) in [6, 6.07) is 64.5. The van der Waals surface area contributed by atoms with Gasteiger partial charge in [0.1, 0.15) is 5.58 Å². The average Bonchev–Trinajstić information content (AvgIpc) is 3.59. The summed E-state index contributed by atoms with van der Waals surface area (Å²) in [5, 5.41) is 2.22. The van der Waals surface area contributed by atoms with Gasteiger partial charge in [0.25, 0.3) is 0 Å². The van der Waals surface area contributed by atoms with Gasteiger partial charge >= 0.3 is 0 Å². The number of aromatic nitrogens is 2. The van der Waals surface area contributed by atoms with E-state index < -0.39 is 0 Å². The first-order valence-electron chi connectivity index (χ1n) is 16.7. The van der Waals surface area contributed by atoms with Crippen LogP contribution in [0.25, 0.3) is 66.7 Å². The Morgan fingerprint density at radius 1 is 0.490 bits per heavy atom. The van der Waals surface area contributed by atoms with Crippen LogP contribution in [0.3, 0.4) is 0 Å². The summed E-state index contributed by atoms with van der Waals surface area (Å²) in [6.45, 7) is 0. The number of nitrogens with zero attached hydrogens (tertiary/aromatic N) is 2. The van der Waals surface area contributed by atoms with Gasteiger partial charge in [-0.25, -0.2) is 0 Å². The van der Waals surface area contributed by atoms with Gasteiger partial charge in [-0.2, -0.15) is 0 Å². The van der Waals surface area contributed by atoms with Crippen molar-refractivity contribution in [2.75, 3.05) is 0 Å². The number of pyridine rings is 2. The van der Waals surface area contributed by atoms with Crippen molar-refractivity contribution in [2.24, 2.45) is 0 Å². The van der Waals surface area contributed by atoms with E-state index in [-0.39, 0.29) is 20.1 Å². The Hall–Kier alpha value is -5.93. The number of hydrogen-bond donors (Lipinski definition) is 0. The monoisotopic (exact) mass is 833 g/mol. The van der Waals surface area contributed by atoms with E-state index in [2.05, 4.69) is 125 Å². The first kappa shape index (κ1) is 33.6. The minimum Gasteiger partial charge on any atom is -0.500 e. The van der Waals surface area contributed by atoms with E-state index in [0.29, 0.717) is 0 Å². The van der Waals surface area contributed by atoms with E-state index in [1.54, 1.807) is 6.20 Å². The molecule has 0 spiro atoms. The van der Waals surface area contributed by atoms with Gasteiger partial charge in [-0.05, 0) is 51.3 Å². The molecule has 3 heterocycles. The molecule has 0 saturated carbocycles. The van der Waals surface area contributed by atoms with Crippen LogP contribution in [0.2, 0.25) is 0 Å². The molecule has 0 aliphatic heterocycles. The predicted molar refractivity (Wildman–Crippen MR) is 204 cm³/mol. The van der Waals surface area contributed by atoms with Crippen LogP contribution in [-0.2, 0) is 26.5 Å². The fourth-order valence-electron chi connectivity index (χ4n) is 6.24. The number of para-hydroxylation sites is 1. The summed E-state index contributed by atoms with van der Waals surface area (Å²) in [6.07, 6.45) is 4.51. The van der Waals surface area contributed by atoms with E-state index in [4.69, 9.17) is 4.42 Å². The fraction of sp³-hybridized carbons (Fsp3) is 0.0213. The molecular formula is C47H32IrN2O-2. The molecule has 9 aromatic rings. The third kappa shape index (κ3) is 7.64. The number of furan rings is 1. The molecule has 0 saturated heterocycles. The van der Waals surface area contributed by atoms with Gasteiger partial charge in [-0.1, -0.05) is 133 Å². The summed E-state index contributed by atoms with van der Waals surface area (Å²) < 4.78 is 6.29. The Balaban J connectivity index is 0.000000182. The van der Waals surface area contributed by atoms with E-state index in [9.17, 15) is 0 Å². The molecule has 0 atom stereocenters. The molecule has 0 unspecified atom stereocenters. The van der Waals surface area contributed by atoms with Crippen LogP contribution >= 0.6 is 0 Å². The molecule has 247 valence electrons. The number of rotatable bonds is 6. The van der Waals surface area contributed by atoms with Crippen molar-refractivity contribution in [1.82, 2.24) is 9.97 Å². The van der Waals surface area contributed by atoms with Gasteiger partial charge < -0.3 is 14.4 Å². The zero-order valence-corrected chi connectivity index (χ0v) is 30.1. The quantitative estimate of drug-likeness (QED) is 0.157. The van der Waals surface area contributed by atoms with Crippen LogP contribution in [0.4, 0.5) is 0 Å². The second kappa shape index (κ2) is 15.7. The maximum atomic E-state index is 6.29. The van der Waals surface area contributed by atoms with Crippen molar-refractivity contribution in [3.63, 3.8) is 0 Å². The second-order valence-corrected chi connectivity index (χ2v) is 12.1. The standard InChI is InChI=1S/C30H20NO.C17H12N.Ir/c1-3-8-21(9-4-1)18-25-12-7-13-26-27-19-24(14-15-29(27)32-30(25)26)28-20-23(16-17-31-28)22-10-5-2-6-11-22;1-2-7-14(8-3-1)15-9-6-10-16(13-15)17-11-4-5-12-18-17;/h1-13,15-17,19-20H,18H2;1-9,11-13H;/q2*-1;. The molecule has 0 bridgehead atoms. The van der Waals surface area contributed by atoms with Crippen molar-refractivity contribution in [3.8, 4) is 44.8 Å². The van der Waals surface area contributed by atoms with Gasteiger partial charge in [0.15, 0.2) is 0 Å². The SMILES string of the molecule is [Ir].[c-]1cc2oc3c(Cc4ccccc4)cccc3c2cc1-c1cc(-c2ccccc2)ccn1.[c-]1ccc(-c2ccccc2)cc1-c1ccccn1. The van der Waals surface area contributed by atoms with Gasteiger partial charge in [-0.3, -0.25) is 0 Å². The molecule has 3 aromatic heterocycles. The third-order valence-corrected chi connectivity index (χ3v) is 8.74. The third-order valence-electron chi connectivity index (χ3n) is 8.74. The molecule has 9 rings (SSSR count). The van der Waals surface area contributed by atoms with Crippen LogP contribution in [0.5, 0.6) is 0 Å². The van der Waals surface area contributed by atoms with Crippen LogP contribution < -0.4 is 0 Å². The maximum Gasteiger partial charge on any atom is 0.124 e. The number of benzene rings is 6. The zero-order chi connectivity index (χ0) is 33.5. The Morgan fingerprint density at radius 3 is 1.88 bits per heavy atom. The van der Waals surface area contributed by atoms with Crippen LogP contribution in [0.15, 0.2) is 187 Å². The summed E-state index contributed by atoms with van der Waals surface area (Å²) in [5.74, 6) is 0. The van der Waals surface area contributed by atoms with E-state index in [1.165, 1.54) is 27.8 Å². The molecule has 4 heteroatoms. The van der Waals surface area contributed by atoms with Crippen molar-refractivity contribution in [1.29, 1.82) is 0 Å². The summed E-state index contributed by atoms with van der Waals surface area (Å²) >= 11 is 0. The van der Waals surface area contributed by atoms with Crippen molar-refractivity contribution < 1.29 is 24.5 Å². The zero-order valence-electron chi connectivity index (χ0n) is 27.7. The molecule has 0 fully saturated rings. The molecule has 0 N–H and O–H groups in total. The van der Waals surface area contributed by atoms with Gasteiger partial charge in [0, 0.05) is 44.3 Å². The number of fused-ring (bicyclic) bond motifs is 3. The first-order chi connectivity index (χ1) is 24.8. The average molecular weight is 833 g/mol. The molecule has 0 aliphatic carbocycles. The summed E-state index contributed by atoms with van der Waals surface area (Å²) in [4.78, 5) is 8.97. The molecule has 51 heavy (non-hydrogen) atoms. The fourth-order valence-corrected chi connectivity index (χ4v) is 6.24.